The summed E-state index contributed by atoms with van der Waals surface area (Å²) in [5.74, 6) is 0.183. The summed E-state index contributed by atoms with van der Waals surface area (Å²) in [5, 5.41) is 2.05. The molecule has 2 aromatic rings. The summed E-state index contributed by atoms with van der Waals surface area (Å²) in [6.07, 6.45) is 3.57. The molecule has 0 radical (unpaired) electrons. The van der Waals surface area contributed by atoms with E-state index >= 15 is 0 Å². The van der Waals surface area contributed by atoms with Gasteiger partial charge in [-0.2, -0.15) is 0 Å². The van der Waals surface area contributed by atoms with E-state index in [0.29, 0.717) is 4.90 Å². The number of sulfone groups is 1. The number of ether oxygens (including phenoxy) is 1. The molecule has 0 aromatic heterocycles. The highest BCUT2D eigenvalue weighted by Crippen LogP contribution is 2.23. The molecule has 1 atom stereocenters. The average molecular weight is 403 g/mol. The van der Waals surface area contributed by atoms with E-state index in [-0.39, 0.29) is 11.8 Å². The number of morpholine rings is 1. The number of likely N-dealkylation sites (tertiary alicyclic amines) is 1. The second-order valence-corrected chi connectivity index (χ2v) is 9.99. The molecule has 0 N–H and O–H groups in total. The van der Waals surface area contributed by atoms with E-state index in [1.165, 1.54) is 6.42 Å². The minimum absolute atomic E-state index is 0.0369. The molecule has 2 aliphatic rings. The maximum atomic E-state index is 13.3. The van der Waals surface area contributed by atoms with E-state index in [9.17, 15) is 8.42 Å². The normalized spacial score (nSPS) is 21.0. The number of rotatable bonds is 6. The highest BCUT2D eigenvalue weighted by molar-refractivity contribution is 7.91. The number of hydrogen-bond donors (Lipinski definition) is 0. The fourth-order valence-corrected chi connectivity index (χ4v) is 5.95. The van der Waals surface area contributed by atoms with Crippen molar-refractivity contribution in [3.63, 3.8) is 0 Å². The van der Waals surface area contributed by atoms with Gasteiger partial charge in [0, 0.05) is 25.7 Å². The lowest BCUT2D eigenvalue weighted by molar-refractivity contribution is 0.0229. The summed E-state index contributed by atoms with van der Waals surface area (Å²) >= 11 is 0. The molecule has 2 heterocycles. The molecule has 0 saturated carbocycles. The third-order valence-electron chi connectivity index (χ3n) is 5.97. The van der Waals surface area contributed by atoms with Gasteiger partial charge in [-0.15, -0.1) is 0 Å². The van der Waals surface area contributed by atoms with E-state index in [2.05, 4.69) is 9.80 Å². The van der Waals surface area contributed by atoms with Crippen LogP contribution in [0.1, 0.15) is 19.3 Å². The van der Waals surface area contributed by atoms with Crippen LogP contribution in [0.3, 0.4) is 0 Å². The third-order valence-corrected chi connectivity index (χ3v) is 7.77. The Hall–Kier alpha value is -1.47. The van der Waals surface area contributed by atoms with Crippen LogP contribution in [0.5, 0.6) is 0 Å². The minimum atomic E-state index is -3.35. The molecule has 2 saturated heterocycles. The Morgan fingerprint density at radius 3 is 2.36 bits per heavy atom. The number of nitrogens with zero attached hydrogens (tertiary/aromatic N) is 2. The van der Waals surface area contributed by atoms with Crippen LogP contribution >= 0.6 is 0 Å². The first kappa shape index (κ1) is 19.8. The molecule has 2 fully saturated rings. The van der Waals surface area contributed by atoms with Gasteiger partial charge in [0.1, 0.15) is 0 Å². The first-order valence-corrected chi connectivity index (χ1v) is 12.0. The van der Waals surface area contributed by atoms with E-state index < -0.39 is 9.84 Å². The van der Waals surface area contributed by atoms with Gasteiger partial charge in [-0.3, -0.25) is 9.80 Å². The molecule has 2 aliphatic heterocycles. The van der Waals surface area contributed by atoms with E-state index in [1.807, 2.05) is 36.4 Å². The van der Waals surface area contributed by atoms with Crippen molar-refractivity contribution in [2.45, 2.75) is 30.2 Å². The van der Waals surface area contributed by atoms with Crippen LogP contribution in [0, 0.1) is 0 Å². The van der Waals surface area contributed by atoms with Crippen molar-refractivity contribution in [3.8, 4) is 0 Å². The maximum Gasteiger partial charge on any atom is 0.179 e. The Labute approximate surface area is 168 Å². The first-order valence-electron chi connectivity index (χ1n) is 10.4. The Morgan fingerprint density at radius 2 is 1.61 bits per heavy atom. The lowest BCUT2D eigenvalue weighted by atomic mass is 10.1. The van der Waals surface area contributed by atoms with Crippen molar-refractivity contribution >= 4 is 20.6 Å². The molecule has 0 spiro atoms. The van der Waals surface area contributed by atoms with Gasteiger partial charge in [-0.25, -0.2) is 8.42 Å². The van der Waals surface area contributed by atoms with Gasteiger partial charge in [0.05, 0.1) is 23.9 Å². The zero-order chi connectivity index (χ0) is 19.4. The molecule has 6 heteroatoms. The van der Waals surface area contributed by atoms with Crippen molar-refractivity contribution in [3.05, 3.63) is 42.5 Å². The summed E-state index contributed by atoms with van der Waals surface area (Å²) in [6, 6.07) is 13.5. The zero-order valence-electron chi connectivity index (χ0n) is 16.4. The second-order valence-electron chi connectivity index (χ2n) is 7.95. The van der Waals surface area contributed by atoms with Crippen LogP contribution in [-0.2, 0) is 14.6 Å². The first-order chi connectivity index (χ1) is 13.6. The molecule has 5 nitrogen and oxygen atoms in total. The third kappa shape index (κ3) is 4.74. The van der Waals surface area contributed by atoms with Crippen LogP contribution in [0.2, 0.25) is 0 Å². The molecule has 0 unspecified atom stereocenters. The van der Waals surface area contributed by atoms with Crippen molar-refractivity contribution in [1.82, 2.24) is 9.80 Å². The van der Waals surface area contributed by atoms with Crippen LogP contribution in [0.25, 0.3) is 10.8 Å². The van der Waals surface area contributed by atoms with Crippen molar-refractivity contribution < 1.29 is 13.2 Å². The monoisotopic (exact) mass is 402 g/mol. The zero-order valence-corrected chi connectivity index (χ0v) is 17.2. The van der Waals surface area contributed by atoms with Gasteiger partial charge in [-0.05, 0) is 48.8 Å². The number of piperidine rings is 1. The van der Waals surface area contributed by atoms with Gasteiger partial charge < -0.3 is 4.74 Å². The second kappa shape index (κ2) is 8.91. The predicted molar refractivity (Wildman–Crippen MR) is 112 cm³/mol. The maximum absolute atomic E-state index is 13.3. The largest absolute Gasteiger partial charge is 0.379 e. The summed E-state index contributed by atoms with van der Waals surface area (Å²) in [4.78, 5) is 5.20. The fourth-order valence-electron chi connectivity index (χ4n) is 4.35. The predicted octanol–water partition coefficient (Wildman–Crippen LogP) is 2.80. The Balaban J connectivity index is 1.55. The summed E-state index contributed by atoms with van der Waals surface area (Å²) < 4.78 is 32.1. The van der Waals surface area contributed by atoms with Gasteiger partial charge in [0.15, 0.2) is 9.84 Å². The molecule has 152 valence electrons. The highest BCUT2D eigenvalue weighted by atomic mass is 32.2. The van der Waals surface area contributed by atoms with E-state index in [0.717, 1.165) is 69.6 Å². The summed E-state index contributed by atoms with van der Waals surface area (Å²) in [7, 11) is -3.35. The minimum Gasteiger partial charge on any atom is -0.379 e. The van der Waals surface area contributed by atoms with Gasteiger partial charge in [0.2, 0.25) is 0 Å². The molecule has 0 aliphatic carbocycles. The standard InChI is InChI=1S/C22H30N2O3S/c25-28(26,22-9-8-19-6-2-3-7-20(19)16-22)18-21(24-10-4-1-5-11-24)17-23-12-14-27-15-13-23/h2-3,6-9,16,21H,1,4-5,10-15,17-18H2/t21-/m0/s1. The Morgan fingerprint density at radius 1 is 0.893 bits per heavy atom. The average Bonchev–Trinajstić information content (AvgIpc) is 2.74. The van der Waals surface area contributed by atoms with Crippen molar-refractivity contribution in [2.24, 2.45) is 0 Å². The topological polar surface area (TPSA) is 49.9 Å². The van der Waals surface area contributed by atoms with Crippen LogP contribution in [0.4, 0.5) is 0 Å². The Kier molecular flexibility index (Phi) is 6.31. The molecule has 0 bridgehead atoms. The van der Waals surface area contributed by atoms with Gasteiger partial charge >= 0.3 is 0 Å². The van der Waals surface area contributed by atoms with Gasteiger partial charge in [0.25, 0.3) is 0 Å². The van der Waals surface area contributed by atoms with Crippen molar-refractivity contribution in [1.29, 1.82) is 0 Å². The van der Waals surface area contributed by atoms with Crippen LogP contribution < -0.4 is 0 Å². The summed E-state index contributed by atoms with van der Waals surface area (Å²) in [6.45, 7) is 6.07. The highest BCUT2D eigenvalue weighted by Gasteiger charge is 2.29. The van der Waals surface area contributed by atoms with E-state index in [1.54, 1.807) is 6.07 Å². The lowest BCUT2D eigenvalue weighted by Crippen LogP contribution is -2.51. The lowest BCUT2D eigenvalue weighted by Gasteiger charge is -2.38. The van der Waals surface area contributed by atoms with Gasteiger partial charge in [-0.1, -0.05) is 36.8 Å². The number of benzene rings is 2. The molecule has 28 heavy (non-hydrogen) atoms. The SMILES string of the molecule is O=S(=O)(C[C@H](CN1CCOCC1)N1CCCCC1)c1ccc2ccccc2c1. The quantitative estimate of drug-likeness (QED) is 0.744. The molecule has 4 rings (SSSR count). The van der Waals surface area contributed by atoms with Crippen molar-refractivity contribution in [2.75, 3.05) is 51.7 Å². The van der Waals surface area contributed by atoms with Crippen LogP contribution in [-0.4, -0.2) is 75.9 Å². The Bertz CT molecular complexity index is 888. The number of fused-ring (bicyclic) bond motifs is 1. The molecule has 0 amide bonds. The number of hydrogen-bond acceptors (Lipinski definition) is 5. The molecular formula is C22H30N2O3S. The molecular weight excluding hydrogens is 372 g/mol. The summed E-state index contributed by atoms with van der Waals surface area (Å²) in [5.41, 5.74) is 0. The fraction of sp³-hybridized carbons (Fsp3) is 0.545. The molecule has 2 aromatic carbocycles. The van der Waals surface area contributed by atoms with Crippen LogP contribution in [0.15, 0.2) is 47.4 Å². The van der Waals surface area contributed by atoms with E-state index in [4.69, 9.17) is 4.74 Å². The smallest absolute Gasteiger partial charge is 0.179 e.